The number of benzene rings is 4. The van der Waals surface area contributed by atoms with Gasteiger partial charge in [-0.3, -0.25) is 19.9 Å². The first-order valence-electron chi connectivity index (χ1n) is 30.7. The van der Waals surface area contributed by atoms with E-state index in [1.807, 2.05) is 142 Å². The lowest BCUT2D eigenvalue weighted by Crippen LogP contribution is -3.00. The zero-order valence-electron chi connectivity index (χ0n) is 50.3. The Morgan fingerprint density at radius 3 is 0.979 bits per heavy atom. The second-order valence-electron chi connectivity index (χ2n) is 24.3. The standard InChI is InChI=1S/2C35H28N7S4.2ClH/c2*1-5-24-6-2-22(1)15-40(20-43-17-30-26-9-11-36-13-28(26)32(24)45-30)34-38-39-35(19-42(34)35)41-16-23-3-7-25(8-4-23)33-29-14-37-12-10-27(29)31(46-33)18-44-21-41;;/h2*1-14H,15-21H2;2*1H/q2*+1;;/p-2. The van der Waals surface area contributed by atoms with Crippen LogP contribution in [-0.2, 0) is 49.2 Å². The Hall–Kier alpha value is -6.64. The van der Waals surface area contributed by atoms with Crippen LogP contribution in [0.4, 0.5) is 0 Å². The monoisotopic (exact) mass is 1420 g/mol. The quantitative estimate of drug-likeness (QED) is 0.121. The molecule has 12 aliphatic heterocycles. The number of fused-ring (bicyclic) bond motifs is 32. The first-order chi connectivity index (χ1) is 45.5. The van der Waals surface area contributed by atoms with E-state index in [0.717, 1.165) is 97.7 Å². The van der Waals surface area contributed by atoms with Crippen LogP contribution in [0.2, 0.25) is 0 Å². The lowest BCUT2D eigenvalue weighted by atomic mass is 10.1. The maximum Gasteiger partial charge on any atom is 0.416 e. The molecule has 12 aromatic rings. The molecule has 2 fully saturated rings. The Morgan fingerprint density at radius 1 is 0.351 bits per heavy atom. The van der Waals surface area contributed by atoms with Gasteiger partial charge < -0.3 is 24.8 Å². The molecule has 0 aliphatic carbocycles. The number of aromatic nitrogens is 4. The predicted octanol–water partition coefficient (Wildman–Crippen LogP) is 10.9. The Balaban J connectivity index is 0.000000140. The van der Waals surface area contributed by atoms with E-state index in [0.29, 0.717) is 0 Å². The minimum atomic E-state index is -0.415. The van der Waals surface area contributed by atoms with Gasteiger partial charge in [0.05, 0.1) is 24.8 Å². The summed E-state index contributed by atoms with van der Waals surface area (Å²) in [6, 6.07) is 45.0. The van der Waals surface area contributed by atoms with Crippen molar-refractivity contribution in [3.63, 3.8) is 0 Å². The van der Waals surface area contributed by atoms with Crippen LogP contribution >= 0.6 is 92.4 Å². The number of rotatable bonds is 2. The van der Waals surface area contributed by atoms with Crippen molar-refractivity contribution in [2.75, 3.05) is 36.6 Å². The van der Waals surface area contributed by atoms with Gasteiger partial charge in [0, 0.05) is 178 Å². The van der Waals surface area contributed by atoms with Gasteiger partial charge >= 0.3 is 23.5 Å². The summed E-state index contributed by atoms with van der Waals surface area (Å²) in [6.45, 7) is 5.02. The molecule has 14 nitrogen and oxygen atoms in total. The highest BCUT2D eigenvalue weighted by Gasteiger charge is 2.72. The van der Waals surface area contributed by atoms with E-state index in [-0.39, 0.29) is 24.8 Å². The SMILES string of the molecule is [Cl-].[Cl-].c1cc2c3sc(c2cn1)-c1ccc(cc1)CN(C12CN1C(=[N+]1CSCc4sc(c5cnccc45)-c4ccc(cc4)C1)N=N2)CSC3.c1cc2c3sc(c2cn1)-c1ccc(cc1)CN(C12CN1C(=[N+]1CSCc4sc(c5cnccc45)-c4ccc(cc4)C1)N=N2)CSC3. The van der Waals surface area contributed by atoms with Gasteiger partial charge in [0.25, 0.3) is 0 Å². The molecule has 2 unspecified atom stereocenters. The molecular formula is C70H56Cl2N14S8. The molecule has 94 heavy (non-hydrogen) atoms. The Labute approximate surface area is 587 Å². The van der Waals surface area contributed by atoms with Crippen LogP contribution in [0.25, 0.3) is 84.9 Å². The fourth-order valence-electron chi connectivity index (χ4n) is 13.8. The third-order valence-corrected chi connectivity index (χ3v) is 28.5. The van der Waals surface area contributed by atoms with E-state index in [4.69, 9.17) is 20.5 Å². The molecule has 0 N–H and O–H groups in total. The largest absolute Gasteiger partial charge is 1.00 e. The average Bonchev–Trinajstić information content (AvgIpc) is 1.54. The molecule has 12 aliphatic rings. The summed E-state index contributed by atoms with van der Waals surface area (Å²) in [5.74, 6) is 8.45. The highest BCUT2D eigenvalue weighted by molar-refractivity contribution is 7.99. The maximum absolute atomic E-state index is 5.03. The molecule has 0 amide bonds. The lowest BCUT2D eigenvalue weighted by Gasteiger charge is -2.24. The minimum absolute atomic E-state index is 0. The summed E-state index contributed by atoms with van der Waals surface area (Å²) < 4.78 is 4.84. The summed E-state index contributed by atoms with van der Waals surface area (Å²) in [5.41, 5.74) is 10.2. The predicted molar refractivity (Wildman–Crippen MR) is 382 cm³/mol. The van der Waals surface area contributed by atoms with Gasteiger partial charge in [-0.15, -0.1) is 92.4 Å². The van der Waals surface area contributed by atoms with Crippen molar-refractivity contribution in [1.29, 1.82) is 0 Å². The number of hydrogen-bond donors (Lipinski definition) is 0. The van der Waals surface area contributed by atoms with Crippen molar-refractivity contribution in [1.82, 2.24) is 39.5 Å². The summed E-state index contributed by atoms with van der Waals surface area (Å²) in [7, 11) is 0. The molecule has 0 saturated carbocycles. The lowest BCUT2D eigenvalue weighted by molar-refractivity contribution is -0.528. The van der Waals surface area contributed by atoms with Gasteiger partial charge in [0.15, 0.2) is 0 Å². The zero-order chi connectivity index (χ0) is 60.5. The molecule has 0 radical (unpaired) electrons. The molecule has 4 aromatic carbocycles. The van der Waals surface area contributed by atoms with Crippen LogP contribution in [0.1, 0.15) is 41.8 Å². The minimum Gasteiger partial charge on any atom is -1.00 e. The van der Waals surface area contributed by atoms with Crippen LogP contribution in [0.3, 0.4) is 0 Å². The van der Waals surface area contributed by atoms with Gasteiger partial charge in [-0.05, 0) is 79.0 Å². The van der Waals surface area contributed by atoms with E-state index in [1.54, 1.807) is 0 Å². The fraction of sp³-hybridized carbons (Fsp3) is 0.229. The molecule has 468 valence electrons. The van der Waals surface area contributed by atoms with E-state index < -0.39 is 11.6 Å². The maximum atomic E-state index is 5.03. The van der Waals surface area contributed by atoms with Crippen LogP contribution in [0, 0.1) is 0 Å². The van der Waals surface area contributed by atoms with Crippen LogP contribution in [0.5, 0.6) is 0 Å². The van der Waals surface area contributed by atoms with Crippen molar-refractivity contribution in [3.8, 4) is 41.8 Å². The highest BCUT2D eigenvalue weighted by Crippen LogP contribution is 2.50. The number of azo groups is 2. The zero-order valence-corrected chi connectivity index (χ0v) is 58.4. The van der Waals surface area contributed by atoms with E-state index in [1.165, 1.54) is 127 Å². The van der Waals surface area contributed by atoms with E-state index in [9.17, 15) is 0 Å². The smallest absolute Gasteiger partial charge is 0.416 e. The number of halogens is 2. The number of thioether (sulfide) groups is 4. The Bertz CT molecular complexity index is 4770. The first kappa shape index (κ1) is 61.0. The van der Waals surface area contributed by atoms with Gasteiger partial charge in [0.1, 0.15) is 24.8 Å². The van der Waals surface area contributed by atoms with Gasteiger partial charge in [-0.25, -0.2) is 28.8 Å². The van der Waals surface area contributed by atoms with Crippen LogP contribution < -0.4 is 24.8 Å². The molecule has 2 atom stereocenters. The highest BCUT2D eigenvalue weighted by atomic mass is 35.5. The first-order valence-corrected chi connectivity index (χ1v) is 38.6. The Morgan fingerprint density at radius 2 is 0.660 bits per heavy atom. The number of nitrogens with zero attached hydrogens (tertiary/aromatic N) is 14. The average molecular weight is 1420 g/mol. The summed E-state index contributed by atoms with van der Waals surface area (Å²) in [6.07, 6.45) is 15.7. The molecular weight excluding hydrogens is 1360 g/mol. The second kappa shape index (κ2) is 24.8. The van der Waals surface area contributed by atoms with Crippen LogP contribution in [-0.4, -0.2) is 109 Å². The second-order valence-corrected chi connectivity index (χ2v) is 32.6. The Kier molecular flexibility index (Phi) is 16.1. The van der Waals surface area contributed by atoms with Gasteiger partial charge in [-0.1, -0.05) is 97.1 Å². The fourth-order valence-corrected chi connectivity index (χ4v) is 23.6. The summed E-state index contributed by atoms with van der Waals surface area (Å²) >= 11 is 15.5. The normalized spacial score (nSPS) is 22.0. The molecule has 24 rings (SSSR count). The van der Waals surface area contributed by atoms with Gasteiger partial charge in [0.2, 0.25) is 0 Å². The van der Waals surface area contributed by atoms with Crippen molar-refractivity contribution in [3.05, 3.63) is 213 Å². The summed E-state index contributed by atoms with van der Waals surface area (Å²) in [5, 5.41) is 30.2. The van der Waals surface area contributed by atoms with Crippen molar-refractivity contribution < 1.29 is 34.0 Å². The third kappa shape index (κ3) is 10.6. The topological polar surface area (TPSA) is 120 Å². The van der Waals surface area contributed by atoms with Crippen molar-refractivity contribution >= 4 is 147 Å². The van der Waals surface area contributed by atoms with Crippen molar-refractivity contribution in [2.45, 2.75) is 60.8 Å². The molecule has 8 aromatic heterocycles. The van der Waals surface area contributed by atoms with Gasteiger partial charge in [-0.2, -0.15) is 0 Å². The molecule has 24 heteroatoms. The number of guanidine groups is 2. The molecule has 0 spiro atoms. The van der Waals surface area contributed by atoms with E-state index in [2.05, 4.69) is 170 Å². The van der Waals surface area contributed by atoms with Crippen molar-refractivity contribution in [2.24, 2.45) is 20.5 Å². The molecule has 20 heterocycles. The molecule has 16 bridgehead atoms. The number of pyridine rings is 4. The number of thiophene rings is 4. The third-order valence-electron chi connectivity index (χ3n) is 18.7. The van der Waals surface area contributed by atoms with Crippen LogP contribution in [0.15, 0.2) is 191 Å². The number of hydrogen-bond acceptors (Lipinski definition) is 16. The molecule has 2 saturated heterocycles. The summed E-state index contributed by atoms with van der Waals surface area (Å²) in [4.78, 5) is 38.6. The van der Waals surface area contributed by atoms with E-state index >= 15 is 0 Å².